The summed E-state index contributed by atoms with van der Waals surface area (Å²) in [7, 11) is 3.68. The highest BCUT2D eigenvalue weighted by molar-refractivity contribution is 5.90. The number of fused-ring (bicyclic) bond motifs is 1. The second kappa shape index (κ2) is 7.61. The standard InChI is InChI=1S/C26H21N3O2/c1-28-15-14-19-16-18(12-13-23(19)28)22-17-25(30)29(2)27-26(22)21-10-6-7-11-24(21)31-20-8-4-3-5-9-20/h3-17H,1-2H3. The number of benzene rings is 3. The highest BCUT2D eigenvalue weighted by Crippen LogP contribution is 2.37. The molecule has 5 aromatic rings. The molecule has 5 rings (SSSR count). The molecule has 5 nitrogen and oxygen atoms in total. The van der Waals surface area contributed by atoms with Gasteiger partial charge in [-0.3, -0.25) is 4.79 Å². The first-order chi connectivity index (χ1) is 15.1. The zero-order valence-corrected chi connectivity index (χ0v) is 17.3. The highest BCUT2D eigenvalue weighted by Gasteiger charge is 2.17. The molecule has 2 heterocycles. The molecule has 5 heteroatoms. The Bertz CT molecular complexity index is 1450. The topological polar surface area (TPSA) is 49.0 Å². The number of rotatable bonds is 4. The van der Waals surface area contributed by atoms with Crippen molar-refractivity contribution >= 4 is 10.9 Å². The van der Waals surface area contributed by atoms with Gasteiger partial charge in [0.15, 0.2) is 0 Å². The Morgan fingerprint density at radius 2 is 1.58 bits per heavy atom. The Labute approximate surface area is 179 Å². The minimum absolute atomic E-state index is 0.159. The number of nitrogens with zero attached hydrogens (tertiary/aromatic N) is 3. The van der Waals surface area contributed by atoms with Gasteiger partial charge in [-0.2, -0.15) is 5.10 Å². The van der Waals surface area contributed by atoms with Gasteiger partial charge in [-0.15, -0.1) is 0 Å². The maximum atomic E-state index is 12.5. The van der Waals surface area contributed by atoms with Crippen LogP contribution in [0.5, 0.6) is 11.5 Å². The van der Waals surface area contributed by atoms with Crippen LogP contribution in [0.25, 0.3) is 33.3 Å². The van der Waals surface area contributed by atoms with E-state index in [2.05, 4.69) is 27.9 Å². The van der Waals surface area contributed by atoms with Crippen LogP contribution in [0.3, 0.4) is 0 Å². The van der Waals surface area contributed by atoms with E-state index in [1.54, 1.807) is 13.1 Å². The molecule has 0 atom stereocenters. The lowest BCUT2D eigenvalue weighted by Crippen LogP contribution is -2.19. The minimum atomic E-state index is -0.159. The van der Waals surface area contributed by atoms with Gasteiger partial charge in [0.1, 0.15) is 17.2 Å². The van der Waals surface area contributed by atoms with Crippen LogP contribution in [0.4, 0.5) is 0 Å². The second-order valence-electron chi connectivity index (χ2n) is 7.48. The van der Waals surface area contributed by atoms with E-state index >= 15 is 0 Å². The van der Waals surface area contributed by atoms with E-state index in [9.17, 15) is 4.79 Å². The Hall–Kier alpha value is -4.12. The van der Waals surface area contributed by atoms with Gasteiger partial charge in [0, 0.05) is 48.4 Å². The van der Waals surface area contributed by atoms with Gasteiger partial charge >= 0.3 is 0 Å². The summed E-state index contributed by atoms with van der Waals surface area (Å²) in [6, 6.07) is 27.3. The van der Waals surface area contributed by atoms with Crippen LogP contribution >= 0.6 is 0 Å². The SMILES string of the molecule is Cn1nc(-c2ccccc2Oc2ccccc2)c(-c2ccc3c(ccn3C)c2)cc1=O. The molecule has 0 spiro atoms. The molecule has 31 heavy (non-hydrogen) atoms. The number of ether oxygens (including phenoxy) is 1. The largest absolute Gasteiger partial charge is 0.457 e. The molecule has 0 aliphatic carbocycles. The van der Waals surface area contributed by atoms with Gasteiger partial charge in [-0.1, -0.05) is 36.4 Å². The highest BCUT2D eigenvalue weighted by atomic mass is 16.5. The van der Waals surface area contributed by atoms with Crippen molar-refractivity contribution in [2.75, 3.05) is 0 Å². The number of hydrogen-bond acceptors (Lipinski definition) is 3. The van der Waals surface area contributed by atoms with Crippen molar-refractivity contribution in [1.82, 2.24) is 14.3 Å². The maximum Gasteiger partial charge on any atom is 0.267 e. The molecule has 3 aromatic carbocycles. The number of aromatic nitrogens is 3. The summed E-state index contributed by atoms with van der Waals surface area (Å²) in [6.45, 7) is 0. The molecule has 0 bridgehead atoms. The van der Waals surface area contributed by atoms with Crippen molar-refractivity contribution in [3.8, 4) is 33.9 Å². The number of aryl methyl sites for hydroxylation is 2. The predicted molar refractivity (Wildman–Crippen MR) is 123 cm³/mol. The lowest BCUT2D eigenvalue weighted by Gasteiger charge is -2.15. The Kier molecular flexibility index (Phi) is 4.64. The summed E-state index contributed by atoms with van der Waals surface area (Å²) < 4.78 is 9.60. The lowest BCUT2D eigenvalue weighted by atomic mass is 9.98. The van der Waals surface area contributed by atoms with Gasteiger partial charge in [0.2, 0.25) is 0 Å². The molecule has 0 fully saturated rings. The van der Waals surface area contributed by atoms with E-state index in [4.69, 9.17) is 4.74 Å². The minimum Gasteiger partial charge on any atom is -0.457 e. The molecule has 152 valence electrons. The Morgan fingerprint density at radius 1 is 0.806 bits per heavy atom. The van der Waals surface area contributed by atoms with Crippen molar-refractivity contribution in [2.45, 2.75) is 0 Å². The van der Waals surface area contributed by atoms with Crippen LogP contribution in [-0.4, -0.2) is 14.3 Å². The summed E-state index contributed by atoms with van der Waals surface area (Å²) in [6.07, 6.45) is 2.03. The third-order valence-corrected chi connectivity index (χ3v) is 5.40. The van der Waals surface area contributed by atoms with Crippen LogP contribution in [-0.2, 0) is 14.1 Å². The van der Waals surface area contributed by atoms with Crippen molar-refractivity contribution < 1.29 is 4.74 Å². The van der Waals surface area contributed by atoms with Crippen molar-refractivity contribution in [3.05, 3.63) is 101 Å². The molecular weight excluding hydrogens is 386 g/mol. The van der Waals surface area contributed by atoms with Crippen molar-refractivity contribution in [2.24, 2.45) is 14.1 Å². The van der Waals surface area contributed by atoms with Gasteiger partial charge in [0.25, 0.3) is 5.56 Å². The average molecular weight is 407 g/mol. The molecule has 0 N–H and O–H groups in total. The molecular formula is C26H21N3O2. The molecule has 0 aliphatic rings. The monoisotopic (exact) mass is 407 g/mol. The zero-order chi connectivity index (χ0) is 21.4. The average Bonchev–Trinajstić information content (AvgIpc) is 3.16. The van der Waals surface area contributed by atoms with Crippen LogP contribution in [0.15, 0.2) is 95.9 Å². The first kappa shape index (κ1) is 18.9. The summed E-state index contributed by atoms with van der Waals surface area (Å²) in [5.41, 5.74) is 4.21. The molecule has 0 unspecified atom stereocenters. The van der Waals surface area contributed by atoms with Gasteiger partial charge < -0.3 is 9.30 Å². The predicted octanol–water partition coefficient (Wildman–Crippen LogP) is 5.40. The summed E-state index contributed by atoms with van der Waals surface area (Å²) in [5, 5.41) is 5.74. The first-order valence-corrected chi connectivity index (χ1v) is 10.1. The molecule has 0 amide bonds. The van der Waals surface area contributed by atoms with E-state index < -0.39 is 0 Å². The summed E-state index contributed by atoms with van der Waals surface area (Å²) in [5.74, 6) is 1.42. The first-order valence-electron chi connectivity index (χ1n) is 10.1. The quantitative estimate of drug-likeness (QED) is 0.401. The van der Waals surface area contributed by atoms with Gasteiger partial charge in [0.05, 0.1) is 0 Å². The fraction of sp³-hybridized carbons (Fsp3) is 0.0769. The third-order valence-electron chi connectivity index (χ3n) is 5.40. The Morgan fingerprint density at radius 3 is 2.42 bits per heavy atom. The number of hydrogen-bond donors (Lipinski definition) is 0. The van der Waals surface area contributed by atoms with Crippen LogP contribution in [0, 0.1) is 0 Å². The van der Waals surface area contributed by atoms with Gasteiger partial charge in [-0.25, -0.2) is 4.68 Å². The smallest absolute Gasteiger partial charge is 0.267 e. The van der Waals surface area contributed by atoms with Crippen LogP contribution in [0.2, 0.25) is 0 Å². The lowest BCUT2D eigenvalue weighted by molar-refractivity contribution is 0.484. The van der Waals surface area contributed by atoms with E-state index in [0.29, 0.717) is 11.4 Å². The fourth-order valence-electron chi connectivity index (χ4n) is 3.77. The van der Waals surface area contributed by atoms with Crippen LogP contribution in [0.1, 0.15) is 0 Å². The molecule has 2 aromatic heterocycles. The summed E-state index contributed by atoms with van der Waals surface area (Å²) in [4.78, 5) is 12.5. The second-order valence-corrected chi connectivity index (χ2v) is 7.48. The molecule has 0 aliphatic heterocycles. The molecule has 0 radical (unpaired) electrons. The van der Waals surface area contributed by atoms with Crippen molar-refractivity contribution in [1.29, 1.82) is 0 Å². The van der Waals surface area contributed by atoms with E-state index in [1.807, 2.05) is 73.9 Å². The van der Waals surface area contributed by atoms with Crippen molar-refractivity contribution in [3.63, 3.8) is 0 Å². The summed E-state index contributed by atoms with van der Waals surface area (Å²) >= 11 is 0. The maximum absolute atomic E-state index is 12.5. The normalized spacial score (nSPS) is 11.0. The van der Waals surface area contributed by atoms with E-state index in [-0.39, 0.29) is 5.56 Å². The number of para-hydroxylation sites is 2. The third kappa shape index (κ3) is 3.51. The van der Waals surface area contributed by atoms with E-state index in [0.717, 1.165) is 33.3 Å². The zero-order valence-electron chi connectivity index (χ0n) is 17.3. The molecule has 0 saturated heterocycles. The van der Waals surface area contributed by atoms with Gasteiger partial charge in [-0.05, 0) is 48.0 Å². The van der Waals surface area contributed by atoms with Crippen LogP contribution < -0.4 is 10.3 Å². The fourth-order valence-corrected chi connectivity index (χ4v) is 3.77. The van der Waals surface area contributed by atoms with E-state index in [1.165, 1.54) is 4.68 Å². The Balaban J connectivity index is 1.70. The molecule has 0 saturated carbocycles.